The van der Waals surface area contributed by atoms with Crippen LogP contribution in [0.1, 0.15) is 18.1 Å². The van der Waals surface area contributed by atoms with E-state index in [1.54, 1.807) is 0 Å². The highest BCUT2D eigenvalue weighted by molar-refractivity contribution is 5.42. The zero-order chi connectivity index (χ0) is 14.2. The number of hydrogen-bond donors (Lipinski definition) is 1. The summed E-state index contributed by atoms with van der Waals surface area (Å²) in [6.45, 7) is 3.11. The van der Waals surface area contributed by atoms with E-state index in [2.05, 4.69) is 12.1 Å². The summed E-state index contributed by atoms with van der Waals surface area (Å²) in [6, 6.07) is 15.7. The Morgan fingerprint density at radius 1 is 0.900 bits per heavy atom. The molecule has 0 aliphatic heterocycles. The lowest BCUT2D eigenvalue weighted by Gasteiger charge is -2.13. The second-order valence-electron chi connectivity index (χ2n) is 4.46. The summed E-state index contributed by atoms with van der Waals surface area (Å²) in [7, 11) is 0. The van der Waals surface area contributed by atoms with E-state index in [9.17, 15) is 0 Å². The van der Waals surface area contributed by atoms with Gasteiger partial charge in [-0.25, -0.2) is 0 Å². The average Bonchev–Trinajstić information content (AvgIpc) is 2.50. The van der Waals surface area contributed by atoms with Crippen LogP contribution in [0.15, 0.2) is 48.5 Å². The highest BCUT2D eigenvalue weighted by atomic mass is 16.5. The molecule has 0 spiro atoms. The first-order valence-electron chi connectivity index (χ1n) is 6.86. The van der Waals surface area contributed by atoms with Crippen LogP contribution in [-0.4, -0.2) is 18.3 Å². The van der Waals surface area contributed by atoms with Crippen molar-refractivity contribution in [2.45, 2.75) is 20.0 Å². The van der Waals surface area contributed by atoms with Crippen LogP contribution in [0.4, 0.5) is 0 Å². The molecule has 0 saturated carbocycles. The van der Waals surface area contributed by atoms with E-state index in [0.29, 0.717) is 19.0 Å². The third-order valence-corrected chi connectivity index (χ3v) is 2.98. The maximum absolute atomic E-state index is 9.15. The first kappa shape index (κ1) is 14.4. The number of benzene rings is 2. The molecule has 0 unspecified atom stereocenters. The predicted octanol–water partition coefficient (Wildman–Crippen LogP) is 3.20. The van der Waals surface area contributed by atoms with Crippen molar-refractivity contribution in [2.75, 3.05) is 13.2 Å². The largest absolute Gasteiger partial charge is 0.490 e. The molecule has 2 aromatic carbocycles. The summed E-state index contributed by atoms with van der Waals surface area (Å²) in [4.78, 5) is 0. The summed E-state index contributed by atoms with van der Waals surface area (Å²) in [5, 5.41) is 9.15. The van der Waals surface area contributed by atoms with E-state index < -0.39 is 0 Å². The Bertz CT molecular complexity index is 523. The van der Waals surface area contributed by atoms with Gasteiger partial charge < -0.3 is 14.6 Å². The van der Waals surface area contributed by atoms with Crippen molar-refractivity contribution in [3.8, 4) is 11.5 Å². The van der Waals surface area contributed by atoms with Gasteiger partial charge in [-0.05, 0) is 30.2 Å². The van der Waals surface area contributed by atoms with Crippen LogP contribution < -0.4 is 9.47 Å². The van der Waals surface area contributed by atoms with Crippen LogP contribution in [0.2, 0.25) is 0 Å². The van der Waals surface area contributed by atoms with Gasteiger partial charge in [0.15, 0.2) is 11.5 Å². The van der Waals surface area contributed by atoms with Crippen LogP contribution in [0, 0.1) is 0 Å². The summed E-state index contributed by atoms with van der Waals surface area (Å²) in [6.07, 6.45) is 0.855. The fourth-order valence-electron chi connectivity index (χ4n) is 1.96. The van der Waals surface area contributed by atoms with Crippen molar-refractivity contribution >= 4 is 0 Å². The molecule has 0 aliphatic carbocycles. The molecular weight excluding hydrogens is 252 g/mol. The Morgan fingerprint density at radius 2 is 1.70 bits per heavy atom. The van der Waals surface area contributed by atoms with E-state index in [1.807, 2.05) is 43.3 Å². The zero-order valence-electron chi connectivity index (χ0n) is 11.7. The van der Waals surface area contributed by atoms with E-state index >= 15 is 0 Å². The second-order valence-corrected chi connectivity index (χ2v) is 4.46. The third kappa shape index (κ3) is 4.00. The normalized spacial score (nSPS) is 10.3. The number of aliphatic hydroxyl groups is 1. The first-order valence-corrected chi connectivity index (χ1v) is 6.86. The minimum atomic E-state index is 0.00433. The Labute approximate surface area is 119 Å². The molecule has 0 saturated heterocycles. The van der Waals surface area contributed by atoms with Gasteiger partial charge in [0.1, 0.15) is 0 Å². The van der Waals surface area contributed by atoms with Gasteiger partial charge in [0, 0.05) is 6.42 Å². The number of aliphatic hydroxyl groups excluding tert-OH is 1. The van der Waals surface area contributed by atoms with Crippen LogP contribution in [-0.2, 0) is 13.0 Å². The number of hydrogen-bond acceptors (Lipinski definition) is 3. The minimum Gasteiger partial charge on any atom is -0.490 e. The van der Waals surface area contributed by atoms with Crippen molar-refractivity contribution in [3.63, 3.8) is 0 Å². The monoisotopic (exact) mass is 272 g/mol. The van der Waals surface area contributed by atoms with Gasteiger partial charge >= 0.3 is 0 Å². The van der Waals surface area contributed by atoms with Gasteiger partial charge in [-0.15, -0.1) is 0 Å². The Kier molecular flexibility index (Phi) is 5.44. The van der Waals surface area contributed by atoms with Crippen LogP contribution in [0.3, 0.4) is 0 Å². The minimum absolute atomic E-state index is 0.00433. The lowest BCUT2D eigenvalue weighted by atomic mass is 10.2. The molecule has 2 rings (SSSR count). The lowest BCUT2D eigenvalue weighted by molar-refractivity contribution is 0.270. The summed E-state index contributed by atoms with van der Waals surface area (Å²) >= 11 is 0. The maximum Gasteiger partial charge on any atom is 0.161 e. The van der Waals surface area contributed by atoms with Gasteiger partial charge in [-0.3, -0.25) is 0 Å². The first-order chi connectivity index (χ1) is 9.83. The molecule has 1 N–H and O–H groups in total. The molecule has 0 atom stereocenters. The SMILES string of the molecule is CCOc1cc(CO)ccc1OCCc1ccccc1. The van der Waals surface area contributed by atoms with E-state index in [1.165, 1.54) is 5.56 Å². The fourth-order valence-corrected chi connectivity index (χ4v) is 1.96. The zero-order valence-corrected chi connectivity index (χ0v) is 11.7. The van der Waals surface area contributed by atoms with Gasteiger partial charge in [0.05, 0.1) is 19.8 Å². The molecule has 20 heavy (non-hydrogen) atoms. The van der Waals surface area contributed by atoms with Gasteiger partial charge in [0.2, 0.25) is 0 Å². The van der Waals surface area contributed by atoms with E-state index in [0.717, 1.165) is 17.7 Å². The van der Waals surface area contributed by atoms with E-state index in [-0.39, 0.29) is 6.61 Å². The second kappa shape index (κ2) is 7.56. The number of ether oxygens (including phenoxy) is 2. The molecule has 0 amide bonds. The van der Waals surface area contributed by atoms with Crippen molar-refractivity contribution in [1.82, 2.24) is 0 Å². The summed E-state index contributed by atoms with van der Waals surface area (Å²) < 4.78 is 11.3. The number of rotatable bonds is 7. The lowest BCUT2D eigenvalue weighted by Crippen LogP contribution is -2.04. The average molecular weight is 272 g/mol. The summed E-state index contributed by atoms with van der Waals surface area (Å²) in [5.74, 6) is 1.41. The maximum atomic E-state index is 9.15. The quantitative estimate of drug-likeness (QED) is 0.841. The predicted molar refractivity (Wildman–Crippen MR) is 79.2 cm³/mol. The smallest absolute Gasteiger partial charge is 0.161 e. The van der Waals surface area contributed by atoms with E-state index in [4.69, 9.17) is 14.6 Å². The van der Waals surface area contributed by atoms with Crippen molar-refractivity contribution < 1.29 is 14.6 Å². The molecule has 106 valence electrons. The summed E-state index contributed by atoms with van der Waals surface area (Å²) in [5.41, 5.74) is 2.07. The highest BCUT2D eigenvalue weighted by Crippen LogP contribution is 2.28. The van der Waals surface area contributed by atoms with Gasteiger partial charge in [-0.2, -0.15) is 0 Å². The molecular formula is C17H20O3. The molecule has 0 radical (unpaired) electrons. The van der Waals surface area contributed by atoms with Gasteiger partial charge in [-0.1, -0.05) is 36.4 Å². The van der Waals surface area contributed by atoms with Crippen LogP contribution in [0.5, 0.6) is 11.5 Å². The third-order valence-electron chi connectivity index (χ3n) is 2.98. The van der Waals surface area contributed by atoms with Crippen molar-refractivity contribution in [3.05, 3.63) is 59.7 Å². The topological polar surface area (TPSA) is 38.7 Å². The van der Waals surface area contributed by atoms with Crippen LogP contribution in [0.25, 0.3) is 0 Å². The molecule has 0 aliphatic rings. The Hall–Kier alpha value is -2.00. The van der Waals surface area contributed by atoms with Crippen molar-refractivity contribution in [2.24, 2.45) is 0 Å². The highest BCUT2D eigenvalue weighted by Gasteiger charge is 2.06. The van der Waals surface area contributed by atoms with Gasteiger partial charge in [0.25, 0.3) is 0 Å². The molecule has 3 heteroatoms. The molecule has 0 bridgehead atoms. The molecule has 2 aromatic rings. The Morgan fingerprint density at radius 3 is 2.40 bits per heavy atom. The molecule has 0 aromatic heterocycles. The molecule has 3 nitrogen and oxygen atoms in total. The molecule has 0 heterocycles. The van der Waals surface area contributed by atoms with Crippen molar-refractivity contribution in [1.29, 1.82) is 0 Å². The van der Waals surface area contributed by atoms with Crippen LogP contribution >= 0.6 is 0 Å². The fraction of sp³-hybridized carbons (Fsp3) is 0.294. The Balaban J connectivity index is 1.98. The standard InChI is InChI=1S/C17H20O3/c1-2-19-17-12-15(13-18)8-9-16(17)20-11-10-14-6-4-3-5-7-14/h3-9,12,18H,2,10-11,13H2,1H3. The molecule has 0 fully saturated rings.